The number of carbonyl (C=O) groups is 1. The van der Waals surface area contributed by atoms with Gasteiger partial charge in [0.1, 0.15) is 17.1 Å². The molecule has 7 nitrogen and oxygen atoms in total. The maximum Gasteiger partial charge on any atom is 0.343 e. The Bertz CT molecular complexity index is 1430. The first-order chi connectivity index (χ1) is 16.7. The number of halogens is 1. The molecular weight excluding hydrogens is 470 g/mol. The number of allylic oxidation sites excluding steroid dienone is 5. The zero-order valence-electron chi connectivity index (χ0n) is 19.6. The monoisotopic (exact) mass is 495 g/mol. The summed E-state index contributed by atoms with van der Waals surface area (Å²) in [5.74, 6) is -3.30. The molecule has 1 saturated heterocycles. The van der Waals surface area contributed by atoms with Crippen LogP contribution in [0.25, 0.3) is 11.0 Å². The van der Waals surface area contributed by atoms with Crippen molar-refractivity contribution in [2.45, 2.75) is 39.2 Å². The number of aliphatic hydroxyl groups is 1. The van der Waals surface area contributed by atoms with Crippen molar-refractivity contribution in [1.29, 1.82) is 0 Å². The summed E-state index contributed by atoms with van der Waals surface area (Å²) in [5.41, 5.74) is 2.60. The summed E-state index contributed by atoms with van der Waals surface area (Å²) < 4.78 is 11.3. The van der Waals surface area contributed by atoms with Crippen molar-refractivity contribution in [3.05, 3.63) is 85.6 Å². The fourth-order valence-corrected chi connectivity index (χ4v) is 5.36. The average Bonchev–Trinajstić information content (AvgIpc) is 2.81. The third-order valence-electron chi connectivity index (χ3n) is 7.23. The molecule has 1 aliphatic carbocycles. The lowest BCUT2D eigenvalue weighted by Crippen LogP contribution is -2.47. The molecule has 0 bridgehead atoms. The summed E-state index contributed by atoms with van der Waals surface area (Å²) in [6, 6.07) is 3.45. The van der Waals surface area contributed by atoms with Gasteiger partial charge in [-0.05, 0) is 79.9 Å². The Kier molecular flexibility index (Phi) is 5.85. The molecule has 1 aromatic heterocycles. The van der Waals surface area contributed by atoms with Gasteiger partial charge in [0.05, 0.1) is 23.0 Å². The maximum atomic E-state index is 13.3. The van der Waals surface area contributed by atoms with E-state index in [1.165, 1.54) is 0 Å². The number of esters is 1. The molecule has 0 radical (unpaired) electrons. The van der Waals surface area contributed by atoms with Crippen molar-refractivity contribution < 1.29 is 24.2 Å². The number of aromatic hydroxyl groups is 1. The topological polar surface area (TPSA) is 109 Å². The van der Waals surface area contributed by atoms with Gasteiger partial charge >= 0.3 is 11.6 Å². The third kappa shape index (κ3) is 3.89. The summed E-state index contributed by atoms with van der Waals surface area (Å²) in [4.78, 5) is 26.6. The molecule has 0 amide bonds. The predicted molar refractivity (Wildman–Crippen MR) is 132 cm³/mol. The highest BCUT2D eigenvalue weighted by atomic mass is 35.5. The molecule has 1 fully saturated rings. The second-order valence-corrected chi connectivity index (χ2v) is 9.85. The molecule has 182 valence electrons. The number of hydrogen-bond acceptors (Lipinski definition) is 7. The summed E-state index contributed by atoms with van der Waals surface area (Å²) >= 11 is 6.37. The van der Waals surface area contributed by atoms with Gasteiger partial charge in [-0.25, -0.2) is 4.79 Å². The molecule has 1 aromatic carbocycles. The lowest BCUT2D eigenvalue weighted by molar-refractivity contribution is -0.159. The van der Waals surface area contributed by atoms with Gasteiger partial charge in [-0.2, -0.15) is 0 Å². The highest BCUT2D eigenvalue weighted by Crippen LogP contribution is 2.48. The number of rotatable bonds is 3. The van der Waals surface area contributed by atoms with E-state index in [-0.39, 0.29) is 16.9 Å². The van der Waals surface area contributed by atoms with Crippen LogP contribution in [0, 0.1) is 25.7 Å². The summed E-state index contributed by atoms with van der Waals surface area (Å²) in [7, 11) is 0. The molecule has 4 atom stereocenters. The van der Waals surface area contributed by atoms with E-state index in [1.807, 2.05) is 26.8 Å². The predicted octanol–water partition coefficient (Wildman–Crippen LogP) is 4.19. The first-order valence-corrected chi connectivity index (χ1v) is 11.9. The summed E-state index contributed by atoms with van der Waals surface area (Å²) in [6.45, 7) is 6.05. The van der Waals surface area contributed by atoms with Gasteiger partial charge in [0, 0.05) is 23.4 Å². The minimum Gasteiger partial charge on any atom is -0.507 e. The second kappa shape index (κ2) is 8.73. The number of fused-ring (bicyclic) bond motifs is 2. The van der Waals surface area contributed by atoms with Crippen LogP contribution in [-0.2, 0) is 9.53 Å². The lowest BCUT2D eigenvalue weighted by atomic mass is 9.71. The van der Waals surface area contributed by atoms with Gasteiger partial charge in [-0.1, -0.05) is 17.7 Å². The largest absolute Gasteiger partial charge is 0.507 e. The highest BCUT2D eigenvalue weighted by Gasteiger charge is 2.50. The number of aliphatic hydroxyl groups excluding tert-OH is 1. The van der Waals surface area contributed by atoms with Crippen molar-refractivity contribution in [3.8, 4) is 5.75 Å². The molecule has 0 saturated carbocycles. The quantitative estimate of drug-likeness (QED) is 0.432. The van der Waals surface area contributed by atoms with Crippen molar-refractivity contribution in [3.63, 3.8) is 0 Å². The Hall–Kier alpha value is -3.29. The second-order valence-electron chi connectivity index (χ2n) is 9.39. The molecular formula is C27H26ClNO6. The molecule has 2 aliphatic heterocycles. The zero-order valence-corrected chi connectivity index (χ0v) is 20.3. The van der Waals surface area contributed by atoms with Crippen molar-refractivity contribution >= 4 is 28.5 Å². The SMILES string of the molecule is CC1=C(Cl)CC2C(=C1)OC(=O)C(C(C1=CCNC=C1)c1c(O)c3cc(C)c(C)cc3oc1=O)C2O. The van der Waals surface area contributed by atoms with Crippen LogP contribution in [0.4, 0.5) is 0 Å². The highest BCUT2D eigenvalue weighted by molar-refractivity contribution is 6.30. The Labute approximate surface area is 207 Å². The molecule has 3 aliphatic rings. The number of aryl methyl sites for hydroxylation is 2. The van der Waals surface area contributed by atoms with Crippen LogP contribution in [0.2, 0.25) is 0 Å². The minimum atomic E-state index is -1.20. The fraction of sp³-hybridized carbons (Fsp3) is 0.333. The lowest BCUT2D eigenvalue weighted by Gasteiger charge is -2.40. The van der Waals surface area contributed by atoms with Crippen LogP contribution in [-0.4, -0.2) is 28.8 Å². The van der Waals surface area contributed by atoms with Gasteiger partial charge in [0.2, 0.25) is 0 Å². The molecule has 3 N–H and O–H groups in total. The van der Waals surface area contributed by atoms with Crippen molar-refractivity contribution in [1.82, 2.24) is 5.32 Å². The van der Waals surface area contributed by atoms with Gasteiger partial charge in [-0.15, -0.1) is 0 Å². The molecule has 5 rings (SSSR count). The van der Waals surface area contributed by atoms with E-state index in [2.05, 4.69) is 5.32 Å². The van der Waals surface area contributed by atoms with E-state index in [1.54, 1.807) is 30.5 Å². The molecule has 3 heterocycles. The number of benzene rings is 1. The zero-order chi connectivity index (χ0) is 25.0. The van der Waals surface area contributed by atoms with Crippen LogP contribution < -0.4 is 10.9 Å². The number of nitrogens with one attached hydrogen (secondary N) is 1. The van der Waals surface area contributed by atoms with Crippen molar-refractivity contribution in [2.75, 3.05) is 6.54 Å². The van der Waals surface area contributed by atoms with E-state index in [4.69, 9.17) is 20.8 Å². The number of ether oxygens (including phenoxy) is 1. The van der Waals surface area contributed by atoms with Crippen LogP contribution in [0.5, 0.6) is 5.75 Å². The number of hydrogen-bond donors (Lipinski definition) is 3. The Morgan fingerprint density at radius 2 is 1.91 bits per heavy atom. The summed E-state index contributed by atoms with van der Waals surface area (Å²) in [5, 5.41) is 26.8. The fourth-order valence-electron chi connectivity index (χ4n) is 5.14. The van der Waals surface area contributed by atoms with Gasteiger partial charge in [0.25, 0.3) is 0 Å². The van der Waals surface area contributed by atoms with Crippen LogP contribution in [0.1, 0.15) is 36.0 Å². The van der Waals surface area contributed by atoms with Crippen LogP contribution in [0.3, 0.4) is 0 Å². The molecule has 2 aromatic rings. The normalized spacial score (nSPS) is 24.9. The van der Waals surface area contributed by atoms with E-state index in [9.17, 15) is 19.8 Å². The first-order valence-electron chi connectivity index (χ1n) is 11.5. The van der Waals surface area contributed by atoms with Gasteiger partial charge < -0.3 is 24.7 Å². The third-order valence-corrected chi connectivity index (χ3v) is 7.68. The standard InChI is InChI=1S/C27H26ClNO6/c1-12-8-16-19(9-13(12)2)34-26(32)22(24(16)30)21(15-4-6-29-7-5-15)23-25(31)17-11-18(28)14(3)10-20(17)35-27(23)33/h4-6,8-10,17,21,23,25,29-31H,7,11H2,1-3H3. The maximum absolute atomic E-state index is 13.3. The Balaban J connectivity index is 1.70. The van der Waals surface area contributed by atoms with E-state index >= 15 is 0 Å². The Morgan fingerprint density at radius 1 is 1.17 bits per heavy atom. The first kappa shape index (κ1) is 23.5. The number of dihydropyridines is 1. The number of carbonyl (C=O) groups excluding carboxylic acids is 1. The van der Waals surface area contributed by atoms with Crippen LogP contribution in [0.15, 0.2) is 67.7 Å². The smallest absolute Gasteiger partial charge is 0.343 e. The summed E-state index contributed by atoms with van der Waals surface area (Å²) in [6.07, 6.45) is 6.01. The van der Waals surface area contributed by atoms with Crippen LogP contribution >= 0.6 is 11.6 Å². The molecule has 35 heavy (non-hydrogen) atoms. The molecule has 4 unspecified atom stereocenters. The minimum absolute atomic E-state index is 0.0828. The van der Waals surface area contributed by atoms with E-state index in [0.717, 1.165) is 16.7 Å². The van der Waals surface area contributed by atoms with Gasteiger partial charge in [0.15, 0.2) is 0 Å². The molecule has 0 spiro atoms. The average molecular weight is 496 g/mol. The molecule has 8 heteroatoms. The Morgan fingerprint density at radius 3 is 2.63 bits per heavy atom. The van der Waals surface area contributed by atoms with E-state index < -0.39 is 35.5 Å². The van der Waals surface area contributed by atoms with Gasteiger partial charge in [-0.3, -0.25) is 4.79 Å². The van der Waals surface area contributed by atoms with E-state index in [0.29, 0.717) is 34.7 Å². The van der Waals surface area contributed by atoms with Crippen molar-refractivity contribution in [2.24, 2.45) is 11.8 Å².